The fraction of sp³-hybridized carbons (Fsp3) is 0.250. The number of hydrogen-bond donors (Lipinski definition) is 1. The molecular formula is C20H20N6. The van der Waals surface area contributed by atoms with Crippen molar-refractivity contribution >= 4 is 28.2 Å². The number of benzene rings is 1. The molecule has 4 heterocycles. The van der Waals surface area contributed by atoms with E-state index in [-0.39, 0.29) is 0 Å². The molecule has 26 heavy (non-hydrogen) atoms. The Labute approximate surface area is 151 Å². The van der Waals surface area contributed by atoms with Gasteiger partial charge >= 0.3 is 0 Å². The monoisotopic (exact) mass is 344 g/mol. The quantitative estimate of drug-likeness (QED) is 0.617. The van der Waals surface area contributed by atoms with Crippen LogP contribution in [0.5, 0.6) is 0 Å². The molecule has 6 heteroatoms. The topological polar surface area (TPSA) is 58.4 Å². The average Bonchev–Trinajstić information content (AvgIpc) is 3.13. The molecule has 0 saturated carbocycles. The minimum Gasteiger partial charge on any atom is -0.380 e. The summed E-state index contributed by atoms with van der Waals surface area (Å²) in [7, 11) is 0. The molecule has 0 amide bonds. The third-order valence-corrected chi connectivity index (χ3v) is 5.07. The highest BCUT2D eigenvalue weighted by atomic mass is 15.4. The molecule has 5 rings (SSSR count). The van der Waals surface area contributed by atoms with E-state index in [1.165, 1.54) is 5.39 Å². The molecule has 0 aliphatic carbocycles. The molecule has 0 spiro atoms. The number of aromatic nitrogens is 4. The number of rotatable bonds is 3. The van der Waals surface area contributed by atoms with E-state index >= 15 is 0 Å². The minimum absolute atomic E-state index is 0.443. The smallest absolute Gasteiger partial charge is 0.231 e. The van der Waals surface area contributed by atoms with Crippen LogP contribution in [0.2, 0.25) is 0 Å². The predicted octanol–water partition coefficient (Wildman–Crippen LogP) is 3.36. The summed E-state index contributed by atoms with van der Waals surface area (Å²) in [5.41, 5.74) is 3.06. The normalized spacial score (nSPS) is 15.6. The highest BCUT2D eigenvalue weighted by Gasteiger charge is 2.22. The van der Waals surface area contributed by atoms with Gasteiger partial charge in [-0.3, -0.25) is 9.38 Å². The molecule has 0 bridgehead atoms. The molecule has 3 aromatic heterocycles. The Morgan fingerprint density at radius 2 is 1.81 bits per heavy atom. The van der Waals surface area contributed by atoms with Crippen molar-refractivity contribution in [1.29, 1.82) is 0 Å². The van der Waals surface area contributed by atoms with Crippen molar-refractivity contribution in [3.63, 3.8) is 0 Å². The van der Waals surface area contributed by atoms with E-state index in [1.807, 2.05) is 36.7 Å². The minimum atomic E-state index is 0.443. The van der Waals surface area contributed by atoms with Crippen LogP contribution in [-0.2, 0) is 0 Å². The summed E-state index contributed by atoms with van der Waals surface area (Å²) >= 11 is 0. The van der Waals surface area contributed by atoms with Crippen molar-refractivity contribution in [2.24, 2.45) is 0 Å². The van der Waals surface area contributed by atoms with Gasteiger partial charge < -0.3 is 10.2 Å². The molecule has 130 valence electrons. The van der Waals surface area contributed by atoms with Crippen LogP contribution < -0.4 is 10.2 Å². The molecule has 1 fully saturated rings. The Hall–Kier alpha value is -3.15. The highest BCUT2D eigenvalue weighted by molar-refractivity contribution is 5.90. The first kappa shape index (κ1) is 15.1. The van der Waals surface area contributed by atoms with Gasteiger partial charge in [0.15, 0.2) is 5.65 Å². The molecule has 1 aliphatic rings. The lowest BCUT2D eigenvalue weighted by atomic mass is 10.0. The second-order valence-electron chi connectivity index (χ2n) is 6.72. The number of nitrogens with one attached hydrogen (secondary N) is 1. The van der Waals surface area contributed by atoms with Crippen LogP contribution in [-0.4, -0.2) is 38.7 Å². The van der Waals surface area contributed by atoms with Gasteiger partial charge in [0.25, 0.3) is 0 Å². The maximum Gasteiger partial charge on any atom is 0.231 e. The number of hydrogen-bond acceptors (Lipinski definition) is 5. The zero-order valence-electron chi connectivity index (χ0n) is 14.4. The summed E-state index contributed by atoms with van der Waals surface area (Å²) in [6.45, 7) is 1.93. The first-order valence-corrected chi connectivity index (χ1v) is 9.03. The molecule has 1 aromatic carbocycles. The number of pyridine rings is 2. The van der Waals surface area contributed by atoms with Crippen molar-refractivity contribution in [2.45, 2.75) is 18.9 Å². The lowest BCUT2D eigenvalue weighted by molar-refractivity contribution is 0.519. The maximum atomic E-state index is 4.54. The summed E-state index contributed by atoms with van der Waals surface area (Å²) in [4.78, 5) is 6.86. The summed E-state index contributed by atoms with van der Waals surface area (Å²) < 4.78 is 2.06. The van der Waals surface area contributed by atoms with Gasteiger partial charge in [0, 0.05) is 36.9 Å². The van der Waals surface area contributed by atoms with E-state index < -0.39 is 0 Å². The number of anilines is 2. The zero-order chi connectivity index (χ0) is 17.3. The van der Waals surface area contributed by atoms with Gasteiger partial charge in [-0.1, -0.05) is 24.3 Å². The molecule has 4 aromatic rings. The van der Waals surface area contributed by atoms with E-state index in [4.69, 9.17) is 0 Å². The van der Waals surface area contributed by atoms with Crippen molar-refractivity contribution in [3.05, 3.63) is 60.9 Å². The van der Waals surface area contributed by atoms with Crippen LogP contribution in [0.3, 0.4) is 0 Å². The van der Waals surface area contributed by atoms with Gasteiger partial charge in [0.05, 0.1) is 11.2 Å². The van der Waals surface area contributed by atoms with Gasteiger partial charge in [0.2, 0.25) is 5.95 Å². The van der Waals surface area contributed by atoms with Crippen LogP contribution in [0.25, 0.3) is 16.6 Å². The Morgan fingerprint density at radius 1 is 0.923 bits per heavy atom. The van der Waals surface area contributed by atoms with E-state index in [9.17, 15) is 0 Å². The SMILES string of the molecule is c1cnc2c(NC3CCN(c4nnc5ccccn45)CC3)cccc2c1. The van der Waals surface area contributed by atoms with E-state index in [1.54, 1.807) is 0 Å². The van der Waals surface area contributed by atoms with Crippen LogP contribution in [0.15, 0.2) is 60.9 Å². The van der Waals surface area contributed by atoms with E-state index in [2.05, 4.69) is 54.1 Å². The fourth-order valence-electron chi connectivity index (χ4n) is 3.71. The second kappa shape index (κ2) is 6.29. The van der Waals surface area contributed by atoms with Gasteiger partial charge in [0.1, 0.15) is 0 Å². The highest BCUT2D eigenvalue weighted by Crippen LogP contribution is 2.25. The van der Waals surface area contributed by atoms with Gasteiger partial charge in [-0.2, -0.15) is 0 Å². The number of piperidine rings is 1. The Bertz CT molecular complexity index is 1040. The van der Waals surface area contributed by atoms with Gasteiger partial charge in [-0.05, 0) is 37.1 Å². The number of nitrogens with zero attached hydrogens (tertiary/aromatic N) is 5. The molecule has 6 nitrogen and oxygen atoms in total. The van der Waals surface area contributed by atoms with E-state index in [0.717, 1.165) is 48.7 Å². The van der Waals surface area contributed by atoms with Crippen molar-refractivity contribution in [2.75, 3.05) is 23.3 Å². The predicted molar refractivity (Wildman–Crippen MR) is 104 cm³/mol. The third-order valence-electron chi connectivity index (χ3n) is 5.07. The first-order valence-electron chi connectivity index (χ1n) is 9.03. The van der Waals surface area contributed by atoms with Crippen molar-refractivity contribution in [3.8, 4) is 0 Å². The Kier molecular flexibility index (Phi) is 3.66. The van der Waals surface area contributed by atoms with Crippen LogP contribution in [0, 0.1) is 0 Å². The zero-order valence-corrected chi connectivity index (χ0v) is 14.4. The number of para-hydroxylation sites is 1. The molecule has 0 unspecified atom stereocenters. The molecule has 0 radical (unpaired) electrons. The summed E-state index contributed by atoms with van der Waals surface area (Å²) in [5.74, 6) is 0.936. The second-order valence-corrected chi connectivity index (χ2v) is 6.72. The van der Waals surface area contributed by atoms with Crippen LogP contribution >= 0.6 is 0 Å². The molecule has 1 saturated heterocycles. The van der Waals surface area contributed by atoms with Crippen molar-refractivity contribution < 1.29 is 0 Å². The van der Waals surface area contributed by atoms with Gasteiger partial charge in [-0.25, -0.2) is 0 Å². The summed E-state index contributed by atoms with van der Waals surface area (Å²) in [5, 5.41) is 13.5. The van der Waals surface area contributed by atoms with Crippen LogP contribution in [0.1, 0.15) is 12.8 Å². The Balaban J connectivity index is 1.31. The van der Waals surface area contributed by atoms with E-state index in [0.29, 0.717) is 6.04 Å². The molecule has 0 atom stereocenters. The largest absolute Gasteiger partial charge is 0.380 e. The third kappa shape index (κ3) is 2.63. The van der Waals surface area contributed by atoms with Gasteiger partial charge in [-0.15, -0.1) is 10.2 Å². The first-order chi connectivity index (χ1) is 12.9. The van der Waals surface area contributed by atoms with Crippen molar-refractivity contribution in [1.82, 2.24) is 19.6 Å². The average molecular weight is 344 g/mol. The van der Waals surface area contributed by atoms with Crippen LogP contribution in [0.4, 0.5) is 11.6 Å². The number of fused-ring (bicyclic) bond motifs is 2. The summed E-state index contributed by atoms with van der Waals surface area (Å²) in [6, 6.07) is 16.8. The summed E-state index contributed by atoms with van der Waals surface area (Å²) in [6.07, 6.45) is 6.00. The molecular weight excluding hydrogens is 324 g/mol. The molecule has 1 N–H and O–H groups in total. The fourth-order valence-corrected chi connectivity index (χ4v) is 3.71. The molecule has 1 aliphatic heterocycles. The standard InChI is InChI=1S/C20H20N6/c1-2-12-26-18(8-1)23-24-20(26)25-13-9-16(10-14-25)22-17-7-3-5-15-6-4-11-21-19(15)17/h1-8,11-12,16,22H,9-10,13-14H2. The maximum absolute atomic E-state index is 4.54. The lowest BCUT2D eigenvalue weighted by Crippen LogP contribution is -2.40. The Morgan fingerprint density at radius 3 is 2.73 bits per heavy atom. The lowest BCUT2D eigenvalue weighted by Gasteiger charge is -2.33.